The zero-order chi connectivity index (χ0) is 13.6. The van der Waals surface area contributed by atoms with Crippen LogP contribution in [0, 0.1) is 35.7 Å². The zero-order valence-corrected chi connectivity index (χ0v) is 12.8. The molecule has 2 saturated carbocycles. The maximum absolute atomic E-state index is 11.9. The van der Waals surface area contributed by atoms with Gasteiger partial charge < -0.3 is 20.3 Å². The predicted molar refractivity (Wildman–Crippen MR) is 63.7 cm³/mol. The second-order valence-corrected chi connectivity index (χ2v) is 5.51. The van der Waals surface area contributed by atoms with Crippen molar-refractivity contribution in [3.05, 3.63) is 12.7 Å². The Balaban J connectivity index is 0.00000147. The molecule has 1 saturated heterocycles. The summed E-state index contributed by atoms with van der Waals surface area (Å²) >= 11 is 0. The number of hydrogen-bond acceptors (Lipinski definition) is 5. The molecule has 113 valence electrons. The van der Waals surface area contributed by atoms with E-state index in [4.69, 9.17) is 14.2 Å². The molecule has 5 nitrogen and oxygen atoms in total. The Morgan fingerprint density at radius 2 is 2.10 bits per heavy atom. The van der Waals surface area contributed by atoms with E-state index in [1.54, 1.807) is 0 Å². The van der Waals surface area contributed by atoms with E-state index in [0.29, 0.717) is 12.5 Å². The molecule has 1 heterocycles. The van der Waals surface area contributed by atoms with Crippen molar-refractivity contribution in [2.45, 2.75) is 12.5 Å². The van der Waals surface area contributed by atoms with E-state index < -0.39 is 5.97 Å². The molecule has 3 rings (SSSR count). The summed E-state index contributed by atoms with van der Waals surface area (Å²) in [5, 5.41) is 0. The molecule has 3 fully saturated rings. The molecule has 2 aliphatic carbocycles. The Morgan fingerprint density at radius 1 is 1.35 bits per heavy atom. The predicted octanol–water partition coefficient (Wildman–Crippen LogP) is 0.586. The van der Waals surface area contributed by atoms with E-state index in [2.05, 4.69) is 12.7 Å². The summed E-state index contributed by atoms with van der Waals surface area (Å²) in [6, 6.07) is 0. The van der Waals surface area contributed by atoms with Gasteiger partial charge in [0.2, 0.25) is 0 Å². The molecular weight excluding hydrogens is 351 g/mol. The van der Waals surface area contributed by atoms with E-state index in [0.717, 1.165) is 6.42 Å². The Morgan fingerprint density at radius 3 is 2.75 bits per heavy atom. The van der Waals surface area contributed by atoms with Crippen LogP contribution in [0.5, 0.6) is 0 Å². The number of methoxy groups -OCH3 is 1. The summed E-state index contributed by atoms with van der Waals surface area (Å²) in [7, 11) is 1.42. The van der Waals surface area contributed by atoms with E-state index in [1.165, 1.54) is 7.11 Å². The Kier molecular flexibility index (Phi) is 4.65. The van der Waals surface area contributed by atoms with Crippen LogP contribution in [0.3, 0.4) is 0 Å². The van der Waals surface area contributed by atoms with Gasteiger partial charge in [-0.2, -0.15) is 0 Å². The molecule has 0 spiro atoms. The largest absolute Gasteiger partial charge is 0.490 e. The minimum atomic E-state index is -0.549. The van der Waals surface area contributed by atoms with Crippen molar-refractivity contribution in [1.82, 2.24) is 0 Å². The summed E-state index contributed by atoms with van der Waals surface area (Å²) in [6.07, 6.45) is 3.26. The van der Waals surface area contributed by atoms with E-state index in [9.17, 15) is 9.59 Å². The van der Waals surface area contributed by atoms with Gasteiger partial charge in [-0.1, -0.05) is 0 Å². The van der Waals surface area contributed by atoms with Crippen molar-refractivity contribution in [1.29, 1.82) is 0 Å². The molecule has 20 heavy (non-hydrogen) atoms. The van der Waals surface area contributed by atoms with Gasteiger partial charge >= 0.3 is 5.97 Å². The Hall–Kier alpha value is -0.737. The molecular formula is C14H17O5Rh-. The van der Waals surface area contributed by atoms with Crippen molar-refractivity contribution in [2.24, 2.45) is 29.6 Å². The average Bonchev–Trinajstić information content (AvgIpc) is 3.03. The van der Waals surface area contributed by atoms with Crippen LogP contribution in [0.1, 0.15) is 6.42 Å². The fraction of sp³-hybridized carbons (Fsp3) is 0.714. The number of esters is 2. The molecule has 2 bridgehead atoms. The van der Waals surface area contributed by atoms with Crippen molar-refractivity contribution in [3.63, 3.8) is 0 Å². The van der Waals surface area contributed by atoms with Crippen molar-refractivity contribution >= 4 is 11.9 Å². The van der Waals surface area contributed by atoms with E-state index >= 15 is 0 Å². The zero-order valence-electron chi connectivity index (χ0n) is 11.2. The summed E-state index contributed by atoms with van der Waals surface area (Å²) in [6.45, 7) is 4.14. The first-order valence-corrected chi connectivity index (χ1v) is 6.56. The van der Waals surface area contributed by atoms with Gasteiger partial charge in [0.15, 0.2) is 0 Å². The van der Waals surface area contributed by atoms with Gasteiger partial charge in [-0.25, -0.2) is 0 Å². The van der Waals surface area contributed by atoms with Crippen molar-refractivity contribution in [3.8, 4) is 0 Å². The molecule has 0 N–H and O–H groups in total. The number of rotatable bonds is 4. The molecule has 6 heteroatoms. The molecule has 0 aromatic rings. The van der Waals surface area contributed by atoms with E-state index in [1.807, 2.05) is 0 Å². The molecule has 6 atom stereocenters. The minimum absolute atomic E-state index is 0. The summed E-state index contributed by atoms with van der Waals surface area (Å²) in [5.41, 5.74) is 0. The first kappa shape index (κ1) is 15.6. The van der Waals surface area contributed by atoms with Crippen LogP contribution in [0.25, 0.3) is 0 Å². The topological polar surface area (TPSA) is 61.8 Å². The standard InChI is InChI=1S/C14H17O5.Rh/c1-3-11(15)18-6-10-7-4-8-9(5-19-13(8)10)12(7)14(16)17-2;/h7-10,12-13H,1,4-6H2,2H3;/q-1;. The van der Waals surface area contributed by atoms with Gasteiger partial charge in [-0.05, 0) is 18.3 Å². The van der Waals surface area contributed by atoms with Crippen LogP contribution in [0.15, 0.2) is 6.58 Å². The number of carbonyl (C=O) groups is 2. The van der Waals surface area contributed by atoms with Crippen LogP contribution in [0.2, 0.25) is 0 Å². The average molecular weight is 368 g/mol. The number of fused-ring (bicyclic) bond motifs is 1. The second kappa shape index (κ2) is 5.94. The van der Waals surface area contributed by atoms with Crippen LogP contribution in [-0.4, -0.2) is 38.4 Å². The van der Waals surface area contributed by atoms with Crippen LogP contribution in [0.4, 0.5) is 0 Å². The van der Waals surface area contributed by atoms with Gasteiger partial charge in [0, 0.05) is 31.3 Å². The molecule has 0 aromatic heterocycles. The monoisotopic (exact) mass is 368 g/mol. The van der Waals surface area contributed by atoms with Gasteiger partial charge in [-0.3, -0.25) is 16.2 Å². The van der Waals surface area contributed by atoms with Crippen LogP contribution >= 0.6 is 0 Å². The molecule has 3 aliphatic rings. The van der Waals surface area contributed by atoms with Crippen molar-refractivity contribution < 1.29 is 43.3 Å². The third-order valence-corrected chi connectivity index (χ3v) is 4.92. The van der Waals surface area contributed by atoms with Gasteiger partial charge in [0.25, 0.3) is 0 Å². The first-order valence-electron chi connectivity index (χ1n) is 6.56. The smallest absolute Gasteiger partial charge is 0.309 e. The van der Waals surface area contributed by atoms with Gasteiger partial charge in [0.05, 0.1) is 32.3 Å². The Bertz CT molecular complexity index is 424. The molecule has 6 unspecified atom stereocenters. The summed E-state index contributed by atoms with van der Waals surface area (Å²) < 4.78 is 15.8. The third kappa shape index (κ3) is 2.23. The fourth-order valence-corrected chi connectivity index (χ4v) is 4.22. The maximum Gasteiger partial charge on any atom is 0.309 e. The van der Waals surface area contributed by atoms with Gasteiger partial charge in [-0.15, -0.1) is 0 Å². The number of ether oxygens (including phenoxy) is 3. The van der Waals surface area contributed by atoms with E-state index in [-0.39, 0.29) is 61.8 Å². The molecule has 0 amide bonds. The van der Waals surface area contributed by atoms with Crippen LogP contribution in [-0.2, 0) is 43.3 Å². The summed E-state index contributed by atoms with van der Waals surface area (Å²) in [4.78, 5) is 23.0. The first-order chi connectivity index (χ1) is 9.17. The van der Waals surface area contributed by atoms with Crippen molar-refractivity contribution in [2.75, 3.05) is 20.3 Å². The molecule has 0 aromatic carbocycles. The second-order valence-electron chi connectivity index (χ2n) is 5.51. The number of carbonyl (C=O) groups excluding carboxylic acids is 2. The normalized spacial score (nSPS) is 40.0. The quantitative estimate of drug-likeness (QED) is 0.315. The van der Waals surface area contributed by atoms with Gasteiger partial charge in [0.1, 0.15) is 5.97 Å². The molecule has 1 aliphatic heterocycles. The third-order valence-electron chi connectivity index (χ3n) is 4.92. The van der Waals surface area contributed by atoms with Crippen LogP contribution < -0.4 is 0 Å². The fourth-order valence-electron chi connectivity index (χ4n) is 4.22. The molecule has 1 radical (unpaired) electrons. The SMILES string of the molecule is C=[C-]C(=O)OCC1C2CC3C(COC31)C2C(=O)OC.[Rh]. The Labute approximate surface area is 130 Å². The number of hydrogen-bond donors (Lipinski definition) is 0. The minimum Gasteiger partial charge on any atom is -0.490 e. The summed E-state index contributed by atoms with van der Waals surface area (Å²) in [5.74, 6) is 0.161. The maximum atomic E-state index is 11.9.